The molecule has 29 heavy (non-hydrogen) atoms. The van der Waals surface area contributed by atoms with E-state index in [2.05, 4.69) is 24.1 Å². The molecule has 4 rings (SSSR count). The summed E-state index contributed by atoms with van der Waals surface area (Å²) in [5.74, 6) is 1.47. The Kier molecular flexibility index (Phi) is 5.30. The Morgan fingerprint density at radius 2 is 2.10 bits per heavy atom. The molecule has 1 amide bonds. The highest BCUT2D eigenvalue weighted by Crippen LogP contribution is 2.33. The molecule has 2 aromatic rings. The van der Waals surface area contributed by atoms with E-state index < -0.39 is 5.60 Å². The van der Waals surface area contributed by atoms with Gasteiger partial charge >= 0.3 is 0 Å². The van der Waals surface area contributed by atoms with Crippen molar-refractivity contribution in [2.24, 2.45) is 0 Å². The minimum atomic E-state index is -0.956. The molecule has 6 heteroatoms. The van der Waals surface area contributed by atoms with E-state index in [1.807, 2.05) is 43.1 Å². The molecule has 0 radical (unpaired) electrons. The number of benzene rings is 1. The highest BCUT2D eigenvalue weighted by atomic mass is 16.5. The fourth-order valence-corrected chi connectivity index (χ4v) is 4.15. The number of ether oxygens (including phenoxy) is 1. The molecule has 0 unspecified atom stereocenters. The van der Waals surface area contributed by atoms with Crippen molar-refractivity contribution < 1.29 is 9.53 Å². The Balaban J connectivity index is 1.54. The van der Waals surface area contributed by atoms with Gasteiger partial charge in [-0.25, -0.2) is 9.97 Å². The van der Waals surface area contributed by atoms with Gasteiger partial charge < -0.3 is 15.0 Å². The van der Waals surface area contributed by atoms with Gasteiger partial charge in [0.05, 0.1) is 6.04 Å². The third kappa shape index (κ3) is 3.99. The van der Waals surface area contributed by atoms with Crippen molar-refractivity contribution in [1.29, 1.82) is 0 Å². The van der Waals surface area contributed by atoms with E-state index in [0.29, 0.717) is 6.54 Å². The van der Waals surface area contributed by atoms with Crippen molar-refractivity contribution in [1.82, 2.24) is 20.2 Å². The first-order valence-electron chi connectivity index (χ1n) is 10.5. The molecule has 0 spiro atoms. The normalized spacial score (nSPS) is 19.2. The topological polar surface area (TPSA) is 67.3 Å². The maximum atomic E-state index is 13.4. The van der Waals surface area contributed by atoms with Crippen LogP contribution in [0.4, 0.5) is 0 Å². The number of likely N-dealkylation sites (tertiary alicyclic amines) is 1. The molecular formula is C23H30N4O2. The SMILES string of the molecule is Cc1ccc(OC(C)(C)C(=O)N2CCC[C@@H]2c2ncc3c(n2)CCNC3)cc1C. The minimum Gasteiger partial charge on any atom is -0.478 e. The number of nitrogens with one attached hydrogen (secondary N) is 1. The molecule has 0 aliphatic carbocycles. The fraction of sp³-hybridized carbons (Fsp3) is 0.522. The number of fused-ring (bicyclic) bond motifs is 1. The van der Waals surface area contributed by atoms with Crippen LogP contribution in [-0.2, 0) is 17.8 Å². The number of aromatic nitrogens is 2. The lowest BCUT2D eigenvalue weighted by atomic mass is 10.1. The monoisotopic (exact) mass is 394 g/mol. The first-order chi connectivity index (χ1) is 13.8. The lowest BCUT2D eigenvalue weighted by Gasteiger charge is -2.33. The van der Waals surface area contributed by atoms with Gasteiger partial charge in [0.25, 0.3) is 5.91 Å². The smallest absolute Gasteiger partial charge is 0.266 e. The Hall–Kier alpha value is -2.47. The largest absolute Gasteiger partial charge is 0.478 e. The number of rotatable bonds is 4. The fourth-order valence-electron chi connectivity index (χ4n) is 4.15. The minimum absolute atomic E-state index is 0.0128. The first-order valence-corrected chi connectivity index (χ1v) is 10.5. The standard InChI is InChI=1S/C23H30N4O2/c1-15-7-8-18(12-16(15)2)29-23(3,4)22(28)27-11-5-6-20(27)21-25-14-17-13-24-10-9-19(17)26-21/h7-8,12,14,20,24H,5-6,9-11,13H2,1-4H3/t20-/m1/s1. The number of hydrogen-bond donors (Lipinski definition) is 1. The molecule has 1 aromatic heterocycles. The summed E-state index contributed by atoms with van der Waals surface area (Å²) in [4.78, 5) is 24.8. The molecule has 1 fully saturated rings. The molecule has 0 saturated carbocycles. The summed E-state index contributed by atoms with van der Waals surface area (Å²) in [6.45, 7) is 10.3. The zero-order valence-corrected chi connectivity index (χ0v) is 17.8. The maximum Gasteiger partial charge on any atom is 0.266 e. The molecule has 2 aliphatic rings. The Morgan fingerprint density at radius 3 is 2.90 bits per heavy atom. The molecular weight excluding hydrogens is 364 g/mol. The Bertz CT molecular complexity index is 925. The average molecular weight is 395 g/mol. The predicted molar refractivity (Wildman–Crippen MR) is 112 cm³/mol. The van der Waals surface area contributed by atoms with Gasteiger partial charge in [-0.1, -0.05) is 6.07 Å². The zero-order valence-electron chi connectivity index (χ0n) is 17.8. The lowest BCUT2D eigenvalue weighted by Crippen LogP contribution is -2.48. The van der Waals surface area contributed by atoms with Crippen LogP contribution in [0, 0.1) is 13.8 Å². The zero-order chi connectivity index (χ0) is 20.6. The van der Waals surface area contributed by atoms with Crippen LogP contribution in [0.1, 0.15) is 60.9 Å². The molecule has 3 heterocycles. The number of nitrogens with zero attached hydrogens (tertiary/aromatic N) is 3. The summed E-state index contributed by atoms with van der Waals surface area (Å²) in [5, 5.41) is 3.35. The quantitative estimate of drug-likeness (QED) is 0.862. The van der Waals surface area contributed by atoms with Crippen LogP contribution in [0.3, 0.4) is 0 Å². The van der Waals surface area contributed by atoms with Gasteiger partial charge in [-0.15, -0.1) is 0 Å². The second-order valence-corrected chi connectivity index (χ2v) is 8.64. The summed E-state index contributed by atoms with van der Waals surface area (Å²) >= 11 is 0. The summed E-state index contributed by atoms with van der Waals surface area (Å²) in [7, 11) is 0. The molecule has 2 aliphatic heterocycles. The number of carbonyl (C=O) groups excluding carboxylic acids is 1. The number of carbonyl (C=O) groups is 1. The van der Waals surface area contributed by atoms with Gasteiger partial charge in [0.1, 0.15) is 5.75 Å². The van der Waals surface area contributed by atoms with Crippen molar-refractivity contribution in [3.63, 3.8) is 0 Å². The second-order valence-electron chi connectivity index (χ2n) is 8.64. The van der Waals surface area contributed by atoms with Gasteiger partial charge in [0.15, 0.2) is 11.4 Å². The van der Waals surface area contributed by atoms with Gasteiger partial charge in [-0.3, -0.25) is 4.79 Å². The van der Waals surface area contributed by atoms with Crippen molar-refractivity contribution in [2.75, 3.05) is 13.1 Å². The van der Waals surface area contributed by atoms with Crippen LogP contribution < -0.4 is 10.1 Å². The predicted octanol–water partition coefficient (Wildman–Crippen LogP) is 3.26. The van der Waals surface area contributed by atoms with Crippen LogP contribution in [0.25, 0.3) is 0 Å². The van der Waals surface area contributed by atoms with Crippen molar-refractivity contribution >= 4 is 5.91 Å². The van der Waals surface area contributed by atoms with Crippen LogP contribution in [-0.4, -0.2) is 39.5 Å². The van der Waals surface area contributed by atoms with Crippen LogP contribution >= 0.6 is 0 Å². The van der Waals surface area contributed by atoms with Crippen molar-refractivity contribution in [3.05, 3.63) is 52.6 Å². The second kappa shape index (κ2) is 7.75. The summed E-state index contributed by atoms with van der Waals surface area (Å²) < 4.78 is 6.15. The molecule has 1 aromatic carbocycles. The highest BCUT2D eigenvalue weighted by Gasteiger charge is 2.41. The molecule has 1 saturated heterocycles. The number of aryl methyl sites for hydroxylation is 2. The molecule has 154 valence electrons. The van der Waals surface area contributed by atoms with Crippen molar-refractivity contribution in [2.45, 2.75) is 65.1 Å². The van der Waals surface area contributed by atoms with Crippen LogP contribution in [0.5, 0.6) is 5.75 Å². The summed E-state index contributed by atoms with van der Waals surface area (Å²) in [6, 6.07) is 5.87. The van der Waals surface area contributed by atoms with E-state index in [0.717, 1.165) is 60.7 Å². The molecule has 0 bridgehead atoms. The molecule has 1 atom stereocenters. The van der Waals surface area contributed by atoms with E-state index in [1.165, 1.54) is 5.56 Å². The average Bonchev–Trinajstić information content (AvgIpc) is 3.19. The van der Waals surface area contributed by atoms with Crippen molar-refractivity contribution in [3.8, 4) is 5.75 Å². The van der Waals surface area contributed by atoms with E-state index in [9.17, 15) is 4.79 Å². The van der Waals surface area contributed by atoms with Gasteiger partial charge in [0.2, 0.25) is 0 Å². The summed E-state index contributed by atoms with van der Waals surface area (Å²) in [5.41, 5.74) is 3.68. The maximum absolute atomic E-state index is 13.4. The van der Waals surface area contributed by atoms with Gasteiger partial charge in [0, 0.05) is 43.5 Å². The van der Waals surface area contributed by atoms with E-state index in [1.54, 1.807) is 0 Å². The Morgan fingerprint density at radius 1 is 1.28 bits per heavy atom. The number of amides is 1. The lowest BCUT2D eigenvalue weighted by molar-refractivity contribution is -0.146. The highest BCUT2D eigenvalue weighted by molar-refractivity contribution is 5.85. The van der Waals surface area contributed by atoms with E-state index in [4.69, 9.17) is 9.72 Å². The molecule has 6 nitrogen and oxygen atoms in total. The van der Waals surface area contributed by atoms with Crippen LogP contribution in [0.15, 0.2) is 24.4 Å². The van der Waals surface area contributed by atoms with Gasteiger partial charge in [-0.05, 0) is 63.8 Å². The third-order valence-corrected chi connectivity index (χ3v) is 6.00. The van der Waals surface area contributed by atoms with E-state index in [-0.39, 0.29) is 11.9 Å². The van der Waals surface area contributed by atoms with Gasteiger partial charge in [-0.2, -0.15) is 0 Å². The molecule has 1 N–H and O–H groups in total. The first kappa shape index (κ1) is 19.8. The summed E-state index contributed by atoms with van der Waals surface area (Å²) in [6.07, 6.45) is 4.68. The Labute approximate surface area is 172 Å². The van der Waals surface area contributed by atoms with E-state index >= 15 is 0 Å². The van der Waals surface area contributed by atoms with Crippen LogP contribution in [0.2, 0.25) is 0 Å². The third-order valence-electron chi connectivity index (χ3n) is 6.00. The number of hydrogen-bond acceptors (Lipinski definition) is 5.